The normalized spacial score (nSPS) is 13.4. The Labute approximate surface area is 402 Å². The number of hydrogen-bond acceptors (Lipinski definition) is 2. The fourth-order valence-corrected chi connectivity index (χ4v) is 13.5. The SMILES string of the molecule is CCCc1ccc2cc3c(cc2c1)B(c1c(C)cc(C)cc1C)c1c2c(cc4ccccc14)N1c4cc5ccc(CCC)cc5cc4B(c4c(C)cc(C)cc4C)c4c1c(cc1ccccc41)N32. The van der Waals surface area contributed by atoms with Crippen molar-refractivity contribution in [3.05, 3.63) is 190 Å². The predicted octanol–water partition coefficient (Wildman–Crippen LogP) is 13.0. The van der Waals surface area contributed by atoms with E-state index in [1.165, 1.54) is 154 Å². The maximum absolute atomic E-state index is 2.72. The van der Waals surface area contributed by atoms with Gasteiger partial charge >= 0.3 is 0 Å². The molecule has 4 heteroatoms. The van der Waals surface area contributed by atoms with Gasteiger partial charge < -0.3 is 9.80 Å². The minimum atomic E-state index is 0.00543. The highest BCUT2D eigenvalue weighted by Crippen LogP contribution is 2.57. The lowest BCUT2D eigenvalue weighted by molar-refractivity contribution is 0.923. The summed E-state index contributed by atoms with van der Waals surface area (Å²) in [6.07, 6.45) is 4.41. The second-order valence-electron chi connectivity index (χ2n) is 20.6. The summed E-state index contributed by atoms with van der Waals surface area (Å²) in [6.45, 7) is 18.5. The molecule has 0 amide bonds. The summed E-state index contributed by atoms with van der Waals surface area (Å²) in [5.41, 5.74) is 26.8. The number of benzene rings is 10. The third-order valence-electron chi connectivity index (χ3n) is 15.9. The van der Waals surface area contributed by atoms with Crippen LogP contribution < -0.4 is 42.6 Å². The molecule has 3 heterocycles. The molecule has 0 bridgehead atoms. The van der Waals surface area contributed by atoms with Gasteiger partial charge in [0.1, 0.15) is 0 Å². The van der Waals surface area contributed by atoms with Crippen LogP contribution >= 0.6 is 0 Å². The Morgan fingerprint density at radius 1 is 0.353 bits per heavy atom. The Bertz CT molecular complexity index is 3530. The van der Waals surface area contributed by atoms with E-state index in [0.29, 0.717) is 0 Å². The van der Waals surface area contributed by atoms with Crippen molar-refractivity contribution >= 4 is 123 Å². The minimum absolute atomic E-state index is 0.00543. The zero-order valence-corrected chi connectivity index (χ0v) is 40.7. The molecule has 0 fully saturated rings. The van der Waals surface area contributed by atoms with E-state index < -0.39 is 0 Å². The van der Waals surface area contributed by atoms with Crippen LogP contribution in [0.4, 0.5) is 34.1 Å². The Kier molecular flexibility index (Phi) is 9.23. The highest BCUT2D eigenvalue weighted by Gasteiger charge is 2.48. The van der Waals surface area contributed by atoms with E-state index in [4.69, 9.17) is 0 Å². The Morgan fingerprint density at radius 3 is 1.13 bits per heavy atom. The molecule has 0 atom stereocenters. The quantitative estimate of drug-likeness (QED) is 0.154. The van der Waals surface area contributed by atoms with Gasteiger partial charge in [-0.1, -0.05) is 192 Å². The number of nitrogens with zero attached hydrogens (tertiary/aromatic N) is 2. The number of fused-ring (bicyclic) bond motifs is 12. The first-order chi connectivity index (χ1) is 33.1. The smallest absolute Gasteiger partial charge is 0.248 e. The molecule has 0 spiro atoms. The fraction of sp³-hybridized carbons (Fsp3) is 0.188. The van der Waals surface area contributed by atoms with Gasteiger partial charge in [-0.25, -0.2) is 0 Å². The summed E-state index contributed by atoms with van der Waals surface area (Å²) < 4.78 is 0. The van der Waals surface area contributed by atoms with E-state index in [-0.39, 0.29) is 13.4 Å². The summed E-state index contributed by atoms with van der Waals surface area (Å²) in [5, 5.41) is 10.4. The van der Waals surface area contributed by atoms with Gasteiger partial charge in [-0.3, -0.25) is 0 Å². The molecule has 2 nitrogen and oxygen atoms in total. The van der Waals surface area contributed by atoms with Gasteiger partial charge in [0.15, 0.2) is 0 Å². The molecule has 13 rings (SSSR count). The third kappa shape index (κ3) is 5.92. The molecule has 3 aliphatic heterocycles. The lowest BCUT2D eigenvalue weighted by atomic mass is 9.32. The Morgan fingerprint density at radius 2 is 0.735 bits per heavy atom. The summed E-state index contributed by atoms with van der Waals surface area (Å²) in [7, 11) is 0. The topological polar surface area (TPSA) is 6.48 Å². The van der Waals surface area contributed by atoms with Crippen LogP contribution in [0.2, 0.25) is 0 Å². The molecule has 0 saturated heterocycles. The second kappa shape index (κ2) is 15.2. The van der Waals surface area contributed by atoms with E-state index in [0.717, 1.165) is 25.7 Å². The standard InChI is InChI=1S/C64H56B2N2/c1-9-15-43-21-23-45-33-55-53(31-49(45)29-43)65(59-39(5)25-37(3)26-40(59)6)61-51-19-13-11-17-47(51)36-58-63(61)67(55)57-35-48-18-12-14-20-52(48)62-64(57)68(58)56-34-46-24-22-44(16-10-2)30-50(46)32-54(56)66(62)60-41(7)27-38(4)28-42(60)8/h11-14,17-36H,9-10,15-16H2,1-8H3. The molecule has 328 valence electrons. The lowest BCUT2D eigenvalue weighted by Crippen LogP contribution is -2.62. The molecule has 0 unspecified atom stereocenters. The second-order valence-corrected chi connectivity index (χ2v) is 20.6. The molecule has 0 aromatic heterocycles. The highest BCUT2D eigenvalue weighted by atomic mass is 15.3. The van der Waals surface area contributed by atoms with Crippen molar-refractivity contribution in [2.75, 3.05) is 9.80 Å². The van der Waals surface area contributed by atoms with Crippen LogP contribution in [0.5, 0.6) is 0 Å². The third-order valence-corrected chi connectivity index (χ3v) is 15.9. The Balaban J connectivity index is 1.23. The molecule has 10 aromatic carbocycles. The number of hydrogen-bond donors (Lipinski definition) is 0. The number of aryl methyl sites for hydroxylation is 8. The van der Waals surface area contributed by atoms with Gasteiger partial charge in [-0.15, -0.1) is 0 Å². The summed E-state index contributed by atoms with van der Waals surface area (Å²) >= 11 is 0. The maximum Gasteiger partial charge on any atom is 0.248 e. The summed E-state index contributed by atoms with van der Waals surface area (Å²) in [5.74, 6) is 0. The molecular formula is C64H56B2N2. The van der Waals surface area contributed by atoms with E-state index in [1.807, 2.05) is 0 Å². The molecule has 0 saturated carbocycles. The minimum Gasteiger partial charge on any atom is -0.307 e. The van der Waals surface area contributed by atoms with Crippen molar-refractivity contribution in [1.29, 1.82) is 0 Å². The molecule has 68 heavy (non-hydrogen) atoms. The first-order valence-electron chi connectivity index (χ1n) is 25.1. The highest BCUT2D eigenvalue weighted by molar-refractivity contribution is 7.01. The fourth-order valence-electron chi connectivity index (χ4n) is 13.5. The largest absolute Gasteiger partial charge is 0.307 e. The number of anilines is 6. The van der Waals surface area contributed by atoms with Crippen molar-refractivity contribution in [3.63, 3.8) is 0 Å². The van der Waals surface area contributed by atoms with Gasteiger partial charge in [0.2, 0.25) is 13.4 Å². The van der Waals surface area contributed by atoms with Crippen molar-refractivity contribution < 1.29 is 0 Å². The summed E-state index contributed by atoms with van der Waals surface area (Å²) in [4.78, 5) is 5.44. The maximum atomic E-state index is 2.72. The molecule has 0 N–H and O–H groups in total. The van der Waals surface area contributed by atoms with E-state index in [9.17, 15) is 0 Å². The van der Waals surface area contributed by atoms with Crippen molar-refractivity contribution in [2.45, 2.75) is 81.1 Å². The molecule has 0 aliphatic carbocycles. The van der Waals surface area contributed by atoms with Crippen LogP contribution in [-0.4, -0.2) is 13.4 Å². The van der Waals surface area contributed by atoms with Crippen LogP contribution in [0.25, 0.3) is 43.1 Å². The van der Waals surface area contributed by atoms with Gasteiger partial charge in [-0.05, 0) is 155 Å². The molecule has 3 aliphatic rings. The van der Waals surface area contributed by atoms with E-state index >= 15 is 0 Å². The lowest BCUT2D eigenvalue weighted by Gasteiger charge is -2.50. The zero-order chi connectivity index (χ0) is 46.3. The zero-order valence-electron chi connectivity index (χ0n) is 40.7. The first-order valence-corrected chi connectivity index (χ1v) is 25.1. The number of rotatable bonds is 6. The van der Waals surface area contributed by atoms with E-state index in [1.54, 1.807) is 0 Å². The van der Waals surface area contributed by atoms with Gasteiger partial charge in [0.05, 0.1) is 22.7 Å². The molecular weight excluding hydrogens is 818 g/mol. The van der Waals surface area contributed by atoms with Crippen LogP contribution in [-0.2, 0) is 12.8 Å². The van der Waals surface area contributed by atoms with Crippen LogP contribution in [0.3, 0.4) is 0 Å². The Hall–Kier alpha value is -7.03. The molecule has 0 radical (unpaired) electrons. The predicted molar refractivity (Wildman–Crippen MR) is 298 cm³/mol. The average molecular weight is 875 g/mol. The van der Waals surface area contributed by atoms with Crippen LogP contribution in [0, 0.1) is 41.5 Å². The van der Waals surface area contributed by atoms with Crippen molar-refractivity contribution in [1.82, 2.24) is 0 Å². The average Bonchev–Trinajstić information content (AvgIpc) is 3.31. The van der Waals surface area contributed by atoms with Gasteiger partial charge in [0.25, 0.3) is 0 Å². The van der Waals surface area contributed by atoms with Crippen LogP contribution in [0.15, 0.2) is 146 Å². The monoisotopic (exact) mass is 874 g/mol. The molecule has 10 aromatic rings. The first kappa shape index (κ1) is 41.2. The summed E-state index contributed by atoms with van der Waals surface area (Å²) in [6, 6.07) is 57.8. The van der Waals surface area contributed by atoms with E-state index in [2.05, 4.69) is 211 Å². The van der Waals surface area contributed by atoms with Crippen molar-refractivity contribution in [2.24, 2.45) is 0 Å². The van der Waals surface area contributed by atoms with Gasteiger partial charge in [-0.2, -0.15) is 0 Å². The van der Waals surface area contributed by atoms with Gasteiger partial charge in [0, 0.05) is 11.4 Å². The van der Waals surface area contributed by atoms with Crippen LogP contribution in [0.1, 0.15) is 71.2 Å². The van der Waals surface area contributed by atoms with Crippen molar-refractivity contribution in [3.8, 4) is 0 Å².